The second-order valence-corrected chi connectivity index (χ2v) is 6.15. The lowest BCUT2D eigenvalue weighted by Crippen LogP contribution is -2.23. The van der Waals surface area contributed by atoms with Crippen LogP contribution in [0.2, 0.25) is 10.0 Å². The van der Waals surface area contributed by atoms with Crippen molar-refractivity contribution < 1.29 is 4.74 Å². The third-order valence-electron chi connectivity index (χ3n) is 2.91. The molecular formula is C14H21Cl2NO. The van der Waals surface area contributed by atoms with E-state index < -0.39 is 0 Å². The van der Waals surface area contributed by atoms with Gasteiger partial charge in [-0.25, -0.2) is 0 Å². The molecule has 0 spiro atoms. The monoisotopic (exact) mass is 289 g/mol. The minimum Gasteiger partial charge on any atom is -0.493 e. The first-order chi connectivity index (χ1) is 8.43. The fourth-order valence-electron chi connectivity index (χ4n) is 1.61. The van der Waals surface area contributed by atoms with Crippen molar-refractivity contribution >= 4 is 23.2 Å². The molecule has 18 heavy (non-hydrogen) atoms. The topological polar surface area (TPSA) is 35.2 Å². The SMILES string of the molecule is CC(C)(CN)CCCCOc1cc(Cl)cc(Cl)c1. The third-order valence-corrected chi connectivity index (χ3v) is 3.34. The Labute approximate surface area is 119 Å². The van der Waals surface area contributed by atoms with Crippen molar-refractivity contribution in [3.05, 3.63) is 28.2 Å². The van der Waals surface area contributed by atoms with Gasteiger partial charge in [0.2, 0.25) is 0 Å². The van der Waals surface area contributed by atoms with Gasteiger partial charge in [0, 0.05) is 10.0 Å². The quantitative estimate of drug-likeness (QED) is 0.749. The lowest BCUT2D eigenvalue weighted by molar-refractivity contribution is 0.279. The predicted molar refractivity (Wildman–Crippen MR) is 78.6 cm³/mol. The van der Waals surface area contributed by atoms with Gasteiger partial charge < -0.3 is 10.5 Å². The van der Waals surface area contributed by atoms with E-state index in [1.807, 2.05) is 0 Å². The van der Waals surface area contributed by atoms with Crippen LogP contribution in [0.1, 0.15) is 33.1 Å². The Balaban J connectivity index is 2.26. The van der Waals surface area contributed by atoms with E-state index in [9.17, 15) is 0 Å². The molecule has 0 heterocycles. The summed E-state index contributed by atoms with van der Waals surface area (Å²) in [6, 6.07) is 5.24. The van der Waals surface area contributed by atoms with E-state index in [1.165, 1.54) is 0 Å². The number of benzene rings is 1. The summed E-state index contributed by atoms with van der Waals surface area (Å²) in [5, 5.41) is 1.20. The minimum atomic E-state index is 0.222. The highest BCUT2D eigenvalue weighted by molar-refractivity contribution is 6.34. The van der Waals surface area contributed by atoms with Crippen LogP contribution in [-0.2, 0) is 0 Å². The average molecular weight is 290 g/mol. The van der Waals surface area contributed by atoms with Gasteiger partial charge in [-0.2, -0.15) is 0 Å². The molecule has 0 fully saturated rings. The summed E-state index contributed by atoms with van der Waals surface area (Å²) in [6.45, 7) is 5.77. The Morgan fingerprint density at radius 1 is 1.11 bits per heavy atom. The molecule has 0 radical (unpaired) electrons. The molecule has 1 rings (SSSR count). The Bertz CT molecular complexity index is 360. The lowest BCUT2D eigenvalue weighted by Gasteiger charge is -2.21. The minimum absolute atomic E-state index is 0.222. The molecule has 0 atom stereocenters. The first-order valence-electron chi connectivity index (χ1n) is 6.22. The standard InChI is InChI=1S/C14H21Cl2NO/c1-14(2,10-17)5-3-4-6-18-13-8-11(15)7-12(16)9-13/h7-9H,3-6,10,17H2,1-2H3. The Morgan fingerprint density at radius 3 is 2.28 bits per heavy atom. The van der Waals surface area contributed by atoms with E-state index in [-0.39, 0.29) is 5.41 Å². The Morgan fingerprint density at radius 2 is 1.72 bits per heavy atom. The van der Waals surface area contributed by atoms with Crippen molar-refractivity contribution in [3.63, 3.8) is 0 Å². The van der Waals surface area contributed by atoms with Crippen LogP contribution in [0.5, 0.6) is 5.75 Å². The van der Waals surface area contributed by atoms with E-state index in [4.69, 9.17) is 33.7 Å². The Hall–Kier alpha value is -0.440. The molecule has 0 saturated heterocycles. The van der Waals surface area contributed by atoms with Crippen molar-refractivity contribution in [2.75, 3.05) is 13.2 Å². The zero-order valence-corrected chi connectivity index (χ0v) is 12.5. The molecule has 0 amide bonds. The van der Waals surface area contributed by atoms with Crippen LogP contribution in [0, 0.1) is 5.41 Å². The molecule has 0 aliphatic heterocycles. The van der Waals surface area contributed by atoms with Crippen molar-refractivity contribution in [3.8, 4) is 5.75 Å². The fraction of sp³-hybridized carbons (Fsp3) is 0.571. The Kier molecular flexibility index (Phi) is 6.27. The number of ether oxygens (including phenoxy) is 1. The first-order valence-corrected chi connectivity index (χ1v) is 6.97. The van der Waals surface area contributed by atoms with Crippen molar-refractivity contribution in [2.45, 2.75) is 33.1 Å². The van der Waals surface area contributed by atoms with Gasteiger partial charge in [-0.3, -0.25) is 0 Å². The van der Waals surface area contributed by atoms with Crippen LogP contribution >= 0.6 is 23.2 Å². The zero-order chi connectivity index (χ0) is 13.6. The number of halogens is 2. The van der Waals surface area contributed by atoms with Gasteiger partial charge in [-0.15, -0.1) is 0 Å². The van der Waals surface area contributed by atoms with Gasteiger partial charge in [0.15, 0.2) is 0 Å². The summed E-state index contributed by atoms with van der Waals surface area (Å²) in [6.07, 6.45) is 3.23. The highest BCUT2D eigenvalue weighted by Crippen LogP contribution is 2.25. The molecule has 4 heteroatoms. The zero-order valence-electron chi connectivity index (χ0n) is 11.0. The number of hydrogen-bond acceptors (Lipinski definition) is 2. The largest absolute Gasteiger partial charge is 0.493 e. The van der Waals surface area contributed by atoms with E-state index >= 15 is 0 Å². The van der Waals surface area contributed by atoms with Gasteiger partial charge in [-0.1, -0.05) is 37.0 Å². The number of rotatable bonds is 7. The molecule has 1 aromatic rings. The van der Waals surface area contributed by atoms with Gasteiger partial charge in [0.1, 0.15) is 5.75 Å². The summed E-state index contributed by atoms with van der Waals surface area (Å²) in [5.74, 6) is 0.727. The van der Waals surface area contributed by atoms with Gasteiger partial charge in [0.05, 0.1) is 6.61 Å². The van der Waals surface area contributed by atoms with E-state index in [0.717, 1.165) is 31.6 Å². The molecule has 1 aromatic carbocycles. The van der Waals surface area contributed by atoms with Crippen molar-refractivity contribution in [1.29, 1.82) is 0 Å². The van der Waals surface area contributed by atoms with Crippen molar-refractivity contribution in [2.24, 2.45) is 11.1 Å². The summed E-state index contributed by atoms with van der Waals surface area (Å²) in [5.41, 5.74) is 5.91. The molecule has 0 aliphatic carbocycles. The molecule has 0 bridgehead atoms. The highest BCUT2D eigenvalue weighted by Gasteiger charge is 2.14. The van der Waals surface area contributed by atoms with E-state index in [1.54, 1.807) is 18.2 Å². The van der Waals surface area contributed by atoms with Crippen LogP contribution in [-0.4, -0.2) is 13.2 Å². The van der Waals surface area contributed by atoms with Gasteiger partial charge >= 0.3 is 0 Å². The van der Waals surface area contributed by atoms with Crippen molar-refractivity contribution in [1.82, 2.24) is 0 Å². The average Bonchev–Trinajstić information content (AvgIpc) is 2.27. The van der Waals surface area contributed by atoms with Crippen LogP contribution in [0.4, 0.5) is 0 Å². The number of hydrogen-bond donors (Lipinski definition) is 1. The molecule has 0 aliphatic rings. The third kappa shape index (κ3) is 5.94. The fourth-order valence-corrected chi connectivity index (χ4v) is 2.12. The molecule has 102 valence electrons. The number of nitrogens with two attached hydrogens (primary N) is 1. The summed E-state index contributed by atoms with van der Waals surface area (Å²) in [4.78, 5) is 0. The normalized spacial score (nSPS) is 11.6. The molecule has 2 N–H and O–H groups in total. The summed E-state index contributed by atoms with van der Waals surface area (Å²) >= 11 is 11.8. The van der Waals surface area contributed by atoms with Crippen LogP contribution in [0.15, 0.2) is 18.2 Å². The number of unbranched alkanes of at least 4 members (excludes halogenated alkanes) is 1. The maximum Gasteiger partial charge on any atom is 0.122 e. The van der Waals surface area contributed by atoms with E-state index in [0.29, 0.717) is 16.7 Å². The van der Waals surface area contributed by atoms with Crippen LogP contribution < -0.4 is 10.5 Å². The lowest BCUT2D eigenvalue weighted by atomic mass is 9.87. The molecular weight excluding hydrogens is 269 g/mol. The van der Waals surface area contributed by atoms with Gasteiger partial charge in [0.25, 0.3) is 0 Å². The summed E-state index contributed by atoms with van der Waals surface area (Å²) < 4.78 is 5.62. The first kappa shape index (κ1) is 15.6. The van der Waals surface area contributed by atoms with Crippen LogP contribution in [0.3, 0.4) is 0 Å². The molecule has 0 saturated carbocycles. The second kappa shape index (κ2) is 7.22. The maximum atomic E-state index is 5.89. The second-order valence-electron chi connectivity index (χ2n) is 5.28. The molecule has 0 aromatic heterocycles. The smallest absolute Gasteiger partial charge is 0.122 e. The predicted octanol–water partition coefficient (Wildman–Crippen LogP) is 4.53. The van der Waals surface area contributed by atoms with Crippen LogP contribution in [0.25, 0.3) is 0 Å². The summed E-state index contributed by atoms with van der Waals surface area (Å²) in [7, 11) is 0. The molecule has 2 nitrogen and oxygen atoms in total. The highest BCUT2D eigenvalue weighted by atomic mass is 35.5. The maximum absolute atomic E-state index is 5.89. The van der Waals surface area contributed by atoms with Gasteiger partial charge in [-0.05, 0) is 49.4 Å². The molecule has 0 unspecified atom stereocenters. The van der Waals surface area contributed by atoms with E-state index in [2.05, 4.69) is 13.8 Å².